The molecule has 0 aliphatic carbocycles. The summed E-state index contributed by atoms with van der Waals surface area (Å²) in [4.78, 5) is 13.7. The van der Waals surface area contributed by atoms with Gasteiger partial charge in [-0.2, -0.15) is 0 Å². The van der Waals surface area contributed by atoms with Crippen LogP contribution in [0.25, 0.3) is 0 Å². The maximum Gasteiger partial charge on any atom is 0.227 e. The molecule has 1 atom stereocenters. The molecule has 1 aromatic rings. The number of nitrogens with one attached hydrogen (secondary N) is 1. The number of nitrogens with two attached hydrogens (primary N) is 1. The van der Waals surface area contributed by atoms with E-state index < -0.39 is 10.0 Å². The molecular weight excluding hydrogens is 346 g/mol. The van der Waals surface area contributed by atoms with Crippen LogP contribution < -0.4 is 15.4 Å². The Labute approximate surface area is 126 Å². The van der Waals surface area contributed by atoms with Crippen LogP contribution in [-0.4, -0.2) is 33.7 Å². The van der Waals surface area contributed by atoms with E-state index in [-0.39, 0.29) is 24.0 Å². The number of amides is 1. The van der Waals surface area contributed by atoms with Gasteiger partial charge in [0, 0.05) is 30.4 Å². The van der Waals surface area contributed by atoms with Crippen molar-refractivity contribution in [2.24, 2.45) is 11.1 Å². The summed E-state index contributed by atoms with van der Waals surface area (Å²) in [5.74, 6) is -0.510. The van der Waals surface area contributed by atoms with Crippen molar-refractivity contribution in [2.75, 3.05) is 29.6 Å². The number of carbonyl (C=O) groups excluding carboxylic acids is 1. The van der Waals surface area contributed by atoms with Crippen LogP contribution in [0.4, 0.5) is 11.4 Å². The Kier molecular flexibility index (Phi) is 4.36. The first-order chi connectivity index (χ1) is 9.30. The lowest BCUT2D eigenvalue weighted by atomic mass is 10.1. The first-order valence-electron chi connectivity index (χ1n) is 6.08. The van der Waals surface area contributed by atoms with Gasteiger partial charge in [-0.05, 0) is 18.2 Å². The van der Waals surface area contributed by atoms with Gasteiger partial charge in [-0.3, -0.25) is 4.79 Å². The number of nitrogens with zero attached hydrogens (tertiary/aromatic N) is 1. The third-order valence-corrected chi connectivity index (χ3v) is 4.62. The number of carbonyl (C=O) groups is 1. The molecule has 20 heavy (non-hydrogen) atoms. The molecule has 6 nitrogen and oxygen atoms in total. The second-order valence-corrected chi connectivity index (χ2v) is 7.39. The Balaban J connectivity index is 2.24. The molecule has 2 rings (SSSR count). The van der Waals surface area contributed by atoms with Gasteiger partial charge in [0.15, 0.2) is 0 Å². The lowest BCUT2D eigenvalue weighted by Crippen LogP contribution is -2.28. The summed E-state index contributed by atoms with van der Waals surface area (Å²) in [6.45, 7) is 0.367. The fraction of sp³-hybridized carbons (Fsp3) is 0.417. The molecule has 3 N–H and O–H groups in total. The molecule has 1 aliphatic heterocycles. The molecule has 110 valence electrons. The van der Waals surface area contributed by atoms with E-state index in [9.17, 15) is 13.2 Å². The van der Waals surface area contributed by atoms with Gasteiger partial charge in [0.05, 0.1) is 17.1 Å². The zero-order valence-electron chi connectivity index (χ0n) is 11.0. The average Bonchev–Trinajstić information content (AvgIpc) is 2.67. The molecule has 1 unspecified atom stereocenters. The van der Waals surface area contributed by atoms with Gasteiger partial charge in [-0.1, -0.05) is 15.9 Å². The Morgan fingerprint density at radius 1 is 1.50 bits per heavy atom. The van der Waals surface area contributed by atoms with Gasteiger partial charge in [0.1, 0.15) is 0 Å². The molecule has 1 amide bonds. The molecular formula is C12H16BrN3O3S. The Bertz CT molecular complexity index is 633. The number of sulfonamides is 1. The second kappa shape index (κ2) is 5.71. The van der Waals surface area contributed by atoms with Gasteiger partial charge < -0.3 is 10.2 Å². The number of halogens is 1. The molecule has 0 spiro atoms. The van der Waals surface area contributed by atoms with Gasteiger partial charge in [-0.25, -0.2) is 13.6 Å². The molecule has 1 fully saturated rings. The first-order valence-corrected chi connectivity index (χ1v) is 8.59. The van der Waals surface area contributed by atoms with Gasteiger partial charge in [0.25, 0.3) is 0 Å². The van der Waals surface area contributed by atoms with Crippen LogP contribution in [0.5, 0.6) is 0 Å². The van der Waals surface area contributed by atoms with Crippen LogP contribution in [0.1, 0.15) is 6.42 Å². The molecule has 1 saturated heterocycles. The molecule has 8 heteroatoms. The highest BCUT2D eigenvalue weighted by atomic mass is 79.9. The van der Waals surface area contributed by atoms with E-state index in [4.69, 9.17) is 5.14 Å². The fourth-order valence-corrected chi connectivity index (χ4v) is 3.64. The normalized spacial score (nSPS) is 19.4. The molecule has 1 heterocycles. The average molecular weight is 362 g/mol. The molecule has 0 radical (unpaired) electrons. The van der Waals surface area contributed by atoms with Crippen molar-refractivity contribution in [3.8, 4) is 0 Å². The van der Waals surface area contributed by atoms with E-state index in [1.54, 1.807) is 11.9 Å². The zero-order chi connectivity index (χ0) is 14.9. The van der Waals surface area contributed by atoms with Crippen LogP contribution in [0.15, 0.2) is 22.7 Å². The number of anilines is 2. The summed E-state index contributed by atoms with van der Waals surface area (Å²) < 4.78 is 23.2. The lowest BCUT2D eigenvalue weighted by Gasteiger charge is -2.20. The Morgan fingerprint density at radius 2 is 2.20 bits per heavy atom. The number of hydrogen-bond acceptors (Lipinski definition) is 4. The molecule has 0 saturated carbocycles. The van der Waals surface area contributed by atoms with Crippen molar-refractivity contribution in [1.82, 2.24) is 0 Å². The zero-order valence-corrected chi connectivity index (χ0v) is 13.4. The summed E-state index contributed by atoms with van der Waals surface area (Å²) in [7, 11) is -1.79. The molecule has 1 aliphatic rings. The van der Waals surface area contributed by atoms with E-state index in [2.05, 4.69) is 21.2 Å². The third kappa shape index (κ3) is 3.50. The fourth-order valence-electron chi connectivity index (χ4n) is 2.40. The van der Waals surface area contributed by atoms with Crippen LogP contribution in [0.3, 0.4) is 0 Å². The minimum Gasteiger partial charge on any atom is -0.386 e. The Hall–Kier alpha value is -1.12. The van der Waals surface area contributed by atoms with E-state index >= 15 is 0 Å². The summed E-state index contributed by atoms with van der Waals surface area (Å²) in [6, 6.07) is 5.54. The number of benzene rings is 1. The second-order valence-electron chi connectivity index (χ2n) is 4.82. The van der Waals surface area contributed by atoms with Crippen molar-refractivity contribution in [2.45, 2.75) is 6.42 Å². The van der Waals surface area contributed by atoms with Crippen LogP contribution in [0, 0.1) is 5.92 Å². The summed E-state index contributed by atoms with van der Waals surface area (Å²) in [5, 5.41) is 8.07. The van der Waals surface area contributed by atoms with Crippen molar-refractivity contribution < 1.29 is 13.2 Å². The largest absolute Gasteiger partial charge is 0.386 e. The summed E-state index contributed by atoms with van der Waals surface area (Å²) in [5.41, 5.74) is 1.56. The third-order valence-electron chi connectivity index (χ3n) is 3.19. The minimum atomic E-state index is -3.56. The predicted molar refractivity (Wildman–Crippen MR) is 82.1 cm³/mol. The van der Waals surface area contributed by atoms with Crippen LogP contribution in [0.2, 0.25) is 0 Å². The number of primary sulfonamides is 1. The van der Waals surface area contributed by atoms with Crippen LogP contribution in [-0.2, 0) is 14.8 Å². The van der Waals surface area contributed by atoms with Crippen LogP contribution >= 0.6 is 15.9 Å². The maximum absolute atomic E-state index is 12.1. The smallest absolute Gasteiger partial charge is 0.227 e. The van der Waals surface area contributed by atoms with Gasteiger partial charge in [-0.15, -0.1) is 0 Å². The predicted octanol–water partition coefficient (Wildman–Crippen LogP) is 1.13. The SMILES string of the molecule is CNc1cc(Br)ccc1N1CC(CS(N)(=O)=O)CC1=O. The summed E-state index contributed by atoms with van der Waals surface area (Å²) in [6.07, 6.45) is 0.204. The van der Waals surface area contributed by atoms with Crippen molar-refractivity contribution in [3.63, 3.8) is 0 Å². The molecule has 0 bridgehead atoms. The topological polar surface area (TPSA) is 92.5 Å². The van der Waals surface area contributed by atoms with Crippen molar-refractivity contribution >= 4 is 43.2 Å². The van der Waals surface area contributed by atoms with E-state index in [1.165, 1.54) is 0 Å². The monoisotopic (exact) mass is 361 g/mol. The minimum absolute atomic E-state index is 0.0857. The molecule has 0 aromatic heterocycles. The van der Waals surface area contributed by atoms with E-state index in [1.807, 2.05) is 18.2 Å². The number of rotatable bonds is 4. The maximum atomic E-state index is 12.1. The Morgan fingerprint density at radius 3 is 2.80 bits per heavy atom. The first kappa shape index (κ1) is 15.3. The lowest BCUT2D eigenvalue weighted by molar-refractivity contribution is -0.117. The molecule has 1 aromatic carbocycles. The van der Waals surface area contributed by atoms with Crippen molar-refractivity contribution in [3.05, 3.63) is 22.7 Å². The standard InChI is InChI=1S/C12H16BrN3O3S/c1-15-10-5-9(13)2-3-11(10)16-6-8(4-12(16)17)7-20(14,18)19/h2-3,5,8,15H,4,6-7H2,1H3,(H2,14,18,19). The van der Waals surface area contributed by atoms with E-state index in [0.29, 0.717) is 6.54 Å². The quantitative estimate of drug-likeness (QED) is 0.840. The van der Waals surface area contributed by atoms with E-state index in [0.717, 1.165) is 15.8 Å². The highest BCUT2D eigenvalue weighted by molar-refractivity contribution is 9.10. The van der Waals surface area contributed by atoms with Crippen molar-refractivity contribution in [1.29, 1.82) is 0 Å². The van der Waals surface area contributed by atoms with Gasteiger partial charge >= 0.3 is 0 Å². The van der Waals surface area contributed by atoms with Gasteiger partial charge in [0.2, 0.25) is 15.9 Å². The number of hydrogen-bond donors (Lipinski definition) is 2. The highest BCUT2D eigenvalue weighted by Gasteiger charge is 2.33. The highest BCUT2D eigenvalue weighted by Crippen LogP contribution is 2.33. The summed E-state index contributed by atoms with van der Waals surface area (Å²) >= 11 is 3.37.